The second-order valence-electron chi connectivity index (χ2n) is 6.39. The molecule has 0 aliphatic heterocycles. The minimum Gasteiger partial charge on any atom is -0.290 e. The number of carbonyl (C=O) groups excluding carboxylic acids is 1. The van der Waals surface area contributed by atoms with Gasteiger partial charge in [0, 0.05) is 18.2 Å². The molecule has 0 radical (unpaired) electrons. The van der Waals surface area contributed by atoms with Crippen LogP contribution in [-0.4, -0.2) is 22.1 Å². The molecule has 124 valence electrons. The maximum Gasteiger partial charge on any atom is 0.252 e. The van der Waals surface area contributed by atoms with Crippen molar-refractivity contribution < 1.29 is 4.79 Å². The molecule has 3 rings (SSSR count). The highest BCUT2D eigenvalue weighted by Gasteiger charge is 2.27. The van der Waals surface area contributed by atoms with Gasteiger partial charge < -0.3 is 0 Å². The second kappa shape index (κ2) is 7.30. The Bertz CT molecular complexity index is 729. The van der Waals surface area contributed by atoms with Crippen molar-refractivity contribution in [3.05, 3.63) is 65.9 Å². The van der Waals surface area contributed by atoms with Crippen LogP contribution < -0.4 is 4.90 Å². The summed E-state index contributed by atoms with van der Waals surface area (Å²) in [7, 11) is 0. The topological polar surface area (TPSA) is 49.0 Å². The largest absolute Gasteiger partial charge is 0.290 e. The van der Waals surface area contributed by atoms with E-state index in [0.29, 0.717) is 0 Å². The van der Waals surface area contributed by atoms with Crippen LogP contribution in [0.1, 0.15) is 36.8 Å². The molecule has 1 amide bonds. The summed E-state index contributed by atoms with van der Waals surface area (Å²) in [6, 6.07) is 10.1. The number of amides is 1. The van der Waals surface area contributed by atoms with Gasteiger partial charge in [-0.15, -0.1) is 0 Å². The van der Waals surface area contributed by atoms with Crippen molar-refractivity contribution in [1.29, 1.82) is 0 Å². The number of aryl methyl sites for hydroxylation is 1. The lowest BCUT2D eigenvalue weighted by molar-refractivity contribution is -0.114. The Morgan fingerprint density at radius 3 is 2.79 bits per heavy atom. The van der Waals surface area contributed by atoms with Crippen LogP contribution in [-0.2, 0) is 4.79 Å². The molecule has 0 saturated heterocycles. The van der Waals surface area contributed by atoms with Crippen LogP contribution in [0, 0.1) is 6.92 Å². The molecule has 1 unspecified atom stereocenters. The van der Waals surface area contributed by atoms with E-state index in [9.17, 15) is 4.79 Å². The van der Waals surface area contributed by atoms with Crippen LogP contribution in [0.25, 0.3) is 6.08 Å². The SMILES string of the molecule is C=C1CCCC(N(C(=O)/C=C/c2ccc(C)cc2)c2ccn[nH]2)C1. The smallest absolute Gasteiger partial charge is 0.252 e. The van der Waals surface area contributed by atoms with E-state index in [4.69, 9.17) is 0 Å². The number of benzene rings is 1. The van der Waals surface area contributed by atoms with E-state index in [1.54, 1.807) is 12.3 Å². The predicted molar refractivity (Wildman–Crippen MR) is 97.7 cm³/mol. The lowest BCUT2D eigenvalue weighted by Crippen LogP contribution is -2.41. The number of aromatic nitrogens is 2. The third kappa shape index (κ3) is 3.82. The number of nitrogens with zero attached hydrogens (tertiary/aromatic N) is 2. The third-order valence-corrected chi connectivity index (χ3v) is 4.44. The number of anilines is 1. The highest BCUT2D eigenvalue weighted by molar-refractivity contribution is 6.03. The molecule has 1 aromatic carbocycles. The Labute approximate surface area is 142 Å². The van der Waals surface area contributed by atoms with Crippen LogP contribution in [0.15, 0.2) is 54.8 Å². The van der Waals surface area contributed by atoms with E-state index in [-0.39, 0.29) is 11.9 Å². The molecule has 1 heterocycles. The number of H-pyrrole nitrogens is 1. The van der Waals surface area contributed by atoms with Gasteiger partial charge in [-0.3, -0.25) is 14.8 Å². The van der Waals surface area contributed by atoms with Gasteiger partial charge in [-0.05, 0) is 44.2 Å². The first-order valence-corrected chi connectivity index (χ1v) is 8.37. The van der Waals surface area contributed by atoms with Gasteiger partial charge in [-0.2, -0.15) is 5.10 Å². The van der Waals surface area contributed by atoms with Crippen LogP contribution >= 0.6 is 0 Å². The summed E-state index contributed by atoms with van der Waals surface area (Å²) in [5, 5.41) is 6.93. The van der Waals surface area contributed by atoms with Crippen LogP contribution in [0.4, 0.5) is 5.82 Å². The minimum absolute atomic E-state index is 0.0282. The zero-order valence-electron chi connectivity index (χ0n) is 14.0. The number of rotatable bonds is 4. The average Bonchev–Trinajstić information content (AvgIpc) is 3.09. The molecule has 1 aliphatic carbocycles. The maximum atomic E-state index is 12.8. The predicted octanol–water partition coefficient (Wildman–Crippen LogP) is 4.26. The molecule has 2 aromatic rings. The van der Waals surface area contributed by atoms with Gasteiger partial charge in [0.2, 0.25) is 0 Å². The van der Waals surface area contributed by atoms with E-state index in [1.165, 1.54) is 11.1 Å². The van der Waals surface area contributed by atoms with Crippen molar-refractivity contribution in [3.8, 4) is 0 Å². The first kappa shape index (κ1) is 16.2. The van der Waals surface area contributed by atoms with E-state index >= 15 is 0 Å². The highest BCUT2D eigenvalue weighted by Crippen LogP contribution is 2.29. The van der Waals surface area contributed by atoms with Crippen molar-refractivity contribution in [2.45, 2.75) is 38.6 Å². The molecule has 4 heteroatoms. The van der Waals surface area contributed by atoms with Crippen LogP contribution in [0.2, 0.25) is 0 Å². The molecule has 4 nitrogen and oxygen atoms in total. The Hall–Kier alpha value is -2.62. The zero-order chi connectivity index (χ0) is 16.9. The molecule has 0 bridgehead atoms. The molecule has 1 N–H and O–H groups in total. The van der Waals surface area contributed by atoms with Crippen LogP contribution in [0.5, 0.6) is 0 Å². The van der Waals surface area contributed by atoms with Gasteiger partial charge in [-0.1, -0.05) is 42.0 Å². The number of carbonyl (C=O) groups is 1. The second-order valence-corrected chi connectivity index (χ2v) is 6.39. The number of hydrogen-bond donors (Lipinski definition) is 1. The van der Waals surface area contributed by atoms with Gasteiger partial charge in [0.25, 0.3) is 5.91 Å². The van der Waals surface area contributed by atoms with Gasteiger partial charge in [0.05, 0.1) is 6.20 Å². The van der Waals surface area contributed by atoms with Gasteiger partial charge in [0.1, 0.15) is 5.82 Å². The summed E-state index contributed by atoms with van der Waals surface area (Å²) in [6.07, 6.45) is 9.15. The van der Waals surface area contributed by atoms with Crippen LogP contribution in [0.3, 0.4) is 0 Å². The van der Waals surface area contributed by atoms with Crippen molar-refractivity contribution in [1.82, 2.24) is 10.2 Å². The van der Waals surface area contributed by atoms with Crippen molar-refractivity contribution >= 4 is 17.8 Å². The lowest BCUT2D eigenvalue weighted by Gasteiger charge is -2.33. The monoisotopic (exact) mass is 321 g/mol. The molecule has 24 heavy (non-hydrogen) atoms. The van der Waals surface area contributed by atoms with Gasteiger partial charge in [-0.25, -0.2) is 0 Å². The number of nitrogens with one attached hydrogen (secondary N) is 1. The Kier molecular flexibility index (Phi) is 4.94. The molecular formula is C20H23N3O. The summed E-state index contributed by atoms with van der Waals surface area (Å²) in [5.74, 6) is 0.716. The maximum absolute atomic E-state index is 12.8. The first-order chi connectivity index (χ1) is 11.6. The Morgan fingerprint density at radius 2 is 2.12 bits per heavy atom. The quantitative estimate of drug-likeness (QED) is 0.675. The Balaban J connectivity index is 1.81. The highest BCUT2D eigenvalue weighted by atomic mass is 16.2. The molecule has 1 aliphatic rings. The summed E-state index contributed by atoms with van der Waals surface area (Å²) in [6.45, 7) is 6.16. The van der Waals surface area contributed by atoms with E-state index in [0.717, 1.165) is 37.1 Å². The molecule has 1 aromatic heterocycles. The third-order valence-electron chi connectivity index (χ3n) is 4.44. The molecule has 1 saturated carbocycles. The fraction of sp³-hybridized carbons (Fsp3) is 0.300. The van der Waals surface area contributed by atoms with Crippen molar-refractivity contribution in [2.75, 3.05) is 4.90 Å². The zero-order valence-corrected chi connectivity index (χ0v) is 14.0. The van der Waals surface area contributed by atoms with Gasteiger partial charge in [0.15, 0.2) is 0 Å². The summed E-state index contributed by atoms with van der Waals surface area (Å²) in [4.78, 5) is 14.7. The molecule has 0 spiro atoms. The number of hydrogen-bond acceptors (Lipinski definition) is 2. The summed E-state index contributed by atoms with van der Waals surface area (Å²) < 4.78 is 0. The number of aromatic amines is 1. The van der Waals surface area contributed by atoms with Crippen molar-refractivity contribution in [3.63, 3.8) is 0 Å². The standard InChI is InChI=1S/C20H23N3O/c1-15-6-8-17(9-7-15)10-11-20(24)23(19-12-13-21-22-19)18-5-3-4-16(2)14-18/h6-13,18H,2-5,14H2,1H3,(H,21,22)/b11-10+. The molecular weight excluding hydrogens is 298 g/mol. The van der Waals surface area contributed by atoms with Crippen molar-refractivity contribution in [2.24, 2.45) is 0 Å². The van der Waals surface area contributed by atoms with E-state index in [2.05, 4.69) is 23.7 Å². The van der Waals surface area contributed by atoms with Gasteiger partial charge >= 0.3 is 0 Å². The van der Waals surface area contributed by atoms with E-state index < -0.39 is 0 Å². The lowest BCUT2D eigenvalue weighted by atomic mass is 9.90. The first-order valence-electron chi connectivity index (χ1n) is 8.37. The average molecular weight is 321 g/mol. The fourth-order valence-corrected chi connectivity index (χ4v) is 3.15. The summed E-state index contributed by atoms with van der Waals surface area (Å²) >= 11 is 0. The normalized spacial score (nSPS) is 18.0. The minimum atomic E-state index is -0.0282. The molecule has 1 fully saturated rings. The Morgan fingerprint density at radius 1 is 1.33 bits per heavy atom. The summed E-state index contributed by atoms with van der Waals surface area (Å²) in [5.41, 5.74) is 3.44. The fourth-order valence-electron chi connectivity index (χ4n) is 3.15. The van der Waals surface area contributed by atoms with E-state index in [1.807, 2.05) is 41.3 Å². The molecule has 1 atom stereocenters.